The van der Waals surface area contributed by atoms with Crippen LogP contribution in [-0.2, 0) is 4.79 Å². The van der Waals surface area contributed by atoms with Gasteiger partial charge in [0.05, 0.1) is 18.1 Å². The monoisotopic (exact) mass is 354 g/mol. The fraction of sp³-hybridized carbons (Fsp3) is 0.467. The van der Waals surface area contributed by atoms with Crippen LogP contribution >= 0.6 is 15.9 Å². The van der Waals surface area contributed by atoms with E-state index in [0.717, 1.165) is 4.47 Å². The van der Waals surface area contributed by atoms with Crippen LogP contribution in [0.1, 0.15) is 23.7 Å². The average molecular weight is 355 g/mol. The maximum absolute atomic E-state index is 12.6. The molecule has 1 aliphatic heterocycles. The third kappa shape index (κ3) is 3.05. The largest absolute Gasteiger partial charge is 0.497 e. The zero-order valence-corrected chi connectivity index (χ0v) is 14.0. The van der Waals surface area contributed by atoms with Crippen LogP contribution in [0.4, 0.5) is 0 Å². The molecule has 2 rings (SSSR count). The molecule has 1 aromatic rings. The third-order valence-electron chi connectivity index (χ3n) is 3.94. The van der Waals surface area contributed by atoms with E-state index in [-0.39, 0.29) is 11.8 Å². The minimum atomic E-state index is -0.518. The lowest BCUT2D eigenvalue weighted by molar-refractivity contribution is -0.128. The second kappa shape index (κ2) is 6.05. The molecule has 1 aromatic carbocycles. The van der Waals surface area contributed by atoms with Gasteiger partial charge in [-0.05, 0) is 47.5 Å². The van der Waals surface area contributed by atoms with Gasteiger partial charge in [-0.1, -0.05) is 0 Å². The van der Waals surface area contributed by atoms with E-state index in [1.54, 1.807) is 37.3 Å². The van der Waals surface area contributed by atoms with Crippen LogP contribution in [0.5, 0.6) is 5.75 Å². The number of nitrogens with one attached hydrogen (secondary N) is 1. The van der Waals surface area contributed by atoms with Crippen molar-refractivity contribution >= 4 is 27.7 Å². The molecule has 0 spiro atoms. The van der Waals surface area contributed by atoms with Crippen molar-refractivity contribution in [3.05, 3.63) is 28.2 Å². The molecular formula is C15H19BrN2O3. The maximum Gasteiger partial charge on any atom is 0.255 e. The van der Waals surface area contributed by atoms with Gasteiger partial charge in [0.1, 0.15) is 5.75 Å². The molecule has 21 heavy (non-hydrogen) atoms. The molecule has 6 heteroatoms. The minimum Gasteiger partial charge on any atom is -0.497 e. The van der Waals surface area contributed by atoms with Gasteiger partial charge in [0, 0.05) is 24.6 Å². The minimum absolute atomic E-state index is 0.0255. The Balaban J connectivity index is 2.21. The molecule has 1 saturated heterocycles. The standard InChI is InChI=1S/C15H19BrN2O3/c1-15(14(20)17-2)6-7-18(9-15)13(19)11-8-10(21-3)4-5-12(11)16/h4-5,8H,6-7,9H2,1-3H3,(H,17,20). The summed E-state index contributed by atoms with van der Waals surface area (Å²) in [6, 6.07) is 5.29. The molecule has 2 amide bonds. The molecule has 0 aromatic heterocycles. The summed E-state index contributed by atoms with van der Waals surface area (Å²) in [6.45, 7) is 2.89. The van der Waals surface area contributed by atoms with Crippen molar-refractivity contribution in [3.8, 4) is 5.75 Å². The van der Waals surface area contributed by atoms with Crippen molar-refractivity contribution in [2.45, 2.75) is 13.3 Å². The first kappa shape index (κ1) is 15.8. The molecule has 0 radical (unpaired) electrons. The van der Waals surface area contributed by atoms with E-state index in [1.165, 1.54) is 0 Å². The highest BCUT2D eigenvalue weighted by molar-refractivity contribution is 9.10. The van der Waals surface area contributed by atoms with Gasteiger partial charge < -0.3 is 15.0 Å². The molecule has 1 N–H and O–H groups in total. The molecule has 0 saturated carbocycles. The SMILES string of the molecule is CNC(=O)C1(C)CCN(C(=O)c2cc(OC)ccc2Br)C1. The van der Waals surface area contributed by atoms with Crippen molar-refractivity contribution in [3.63, 3.8) is 0 Å². The number of ether oxygens (including phenoxy) is 1. The maximum atomic E-state index is 12.6. The number of likely N-dealkylation sites (tertiary alicyclic amines) is 1. The van der Waals surface area contributed by atoms with Crippen LogP contribution in [0.3, 0.4) is 0 Å². The van der Waals surface area contributed by atoms with Crippen molar-refractivity contribution in [2.75, 3.05) is 27.2 Å². The van der Waals surface area contributed by atoms with Crippen LogP contribution in [-0.4, -0.2) is 44.0 Å². The Bertz CT molecular complexity index is 576. The third-order valence-corrected chi connectivity index (χ3v) is 4.63. The molecule has 5 nitrogen and oxygen atoms in total. The summed E-state index contributed by atoms with van der Waals surface area (Å²) in [5.41, 5.74) is 0.0333. The van der Waals surface area contributed by atoms with E-state index in [9.17, 15) is 9.59 Å². The Kier molecular flexibility index (Phi) is 4.56. The highest BCUT2D eigenvalue weighted by Gasteiger charge is 2.41. The Morgan fingerprint density at radius 2 is 2.14 bits per heavy atom. The number of hydrogen-bond acceptors (Lipinski definition) is 3. The lowest BCUT2D eigenvalue weighted by Gasteiger charge is -2.23. The number of rotatable bonds is 3. The molecule has 1 fully saturated rings. The molecule has 1 aliphatic rings. The van der Waals surface area contributed by atoms with Gasteiger partial charge in [-0.15, -0.1) is 0 Å². The summed E-state index contributed by atoms with van der Waals surface area (Å²) in [7, 11) is 3.19. The second-order valence-electron chi connectivity index (χ2n) is 5.46. The van der Waals surface area contributed by atoms with Gasteiger partial charge in [-0.3, -0.25) is 9.59 Å². The average Bonchev–Trinajstić information content (AvgIpc) is 2.90. The van der Waals surface area contributed by atoms with Crippen LogP contribution in [0, 0.1) is 5.41 Å². The van der Waals surface area contributed by atoms with E-state index in [1.807, 2.05) is 6.92 Å². The topological polar surface area (TPSA) is 58.6 Å². The zero-order chi connectivity index (χ0) is 15.6. The quantitative estimate of drug-likeness (QED) is 0.903. The number of methoxy groups -OCH3 is 1. The van der Waals surface area contributed by atoms with E-state index in [0.29, 0.717) is 30.8 Å². The van der Waals surface area contributed by atoms with Crippen LogP contribution < -0.4 is 10.1 Å². The van der Waals surface area contributed by atoms with E-state index in [2.05, 4.69) is 21.2 Å². The summed E-state index contributed by atoms with van der Waals surface area (Å²) in [5, 5.41) is 2.67. The van der Waals surface area contributed by atoms with Crippen molar-refractivity contribution in [1.29, 1.82) is 0 Å². The number of benzene rings is 1. The molecule has 1 unspecified atom stereocenters. The van der Waals surface area contributed by atoms with Crippen LogP contribution in [0.15, 0.2) is 22.7 Å². The molecule has 1 atom stereocenters. The Labute approximate surface area is 132 Å². The smallest absolute Gasteiger partial charge is 0.255 e. The predicted molar refractivity (Wildman–Crippen MR) is 83.4 cm³/mol. The summed E-state index contributed by atoms with van der Waals surface area (Å²) in [6.07, 6.45) is 0.667. The molecular weight excluding hydrogens is 336 g/mol. The van der Waals surface area contributed by atoms with Gasteiger partial charge in [0.15, 0.2) is 0 Å². The summed E-state index contributed by atoms with van der Waals surface area (Å²) < 4.78 is 5.89. The number of hydrogen-bond donors (Lipinski definition) is 1. The first-order valence-corrected chi connectivity index (χ1v) is 7.55. The molecule has 0 aliphatic carbocycles. The number of carbonyl (C=O) groups excluding carboxylic acids is 2. The number of halogens is 1. The van der Waals surface area contributed by atoms with Crippen LogP contribution in [0.2, 0.25) is 0 Å². The lowest BCUT2D eigenvalue weighted by Crippen LogP contribution is -2.40. The predicted octanol–water partition coefficient (Wildman–Crippen LogP) is 2.06. The van der Waals surface area contributed by atoms with Gasteiger partial charge in [-0.25, -0.2) is 0 Å². The van der Waals surface area contributed by atoms with E-state index in [4.69, 9.17) is 4.74 Å². The highest BCUT2D eigenvalue weighted by atomic mass is 79.9. The summed E-state index contributed by atoms with van der Waals surface area (Å²) >= 11 is 3.40. The lowest BCUT2D eigenvalue weighted by atomic mass is 9.89. The molecule has 0 bridgehead atoms. The van der Waals surface area contributed by atoms with Gasteiger partial charge in [0.2, 0.25) is 5.91 Å². The fourth-order valence-corrected chi connectivity index (χ4v) is 3.00. The molecule has 1 heterocycles. The first-order chi connectivity index (χ1) is 9.91. The van der Waals surface area contributed by atoms with Gasteiger partial charge in [-0.2, -0.15) is 0 Å². The highest BCUT2D eigenvalue weighted by Crippen LogP contribution is 2.32. The van der Waals surface area contributed by atoms with Crippen LogP contribution in [0.25, 0.3) is 0 Å². The zero-order valence-electron chi connectivity index (χ0n) is 12.4. The number of nitrogens with zero attached hydrogens (tertiary/aromatic N) is 1. The Morgan fingerprint density at radius 1 is 1.43 bits per heavy atom. The Morgan fingerprint density at radius 3 is 2.76 bits per heavy atom. The van der Waals surface area contributed by atoms with Gasteiger partial charge in [0.25, 0.3) is 5.91 Å². The van der Waals surface area contributed by atoms with E-state index < -0.39 is 5.41 Å². The van der Waals surface area contributed by atoms with Crippen molar-refractivity contribution in [1.82, 2.24) is 10.2 Å². The van der Waals surface area contributed by atoms with Crippen molar-refractivity contribution < 1.29 is 14.3 Å². The second-order valence-corrected chi connectivity index (χ2v) is 6.32. The first-order valence-electron chi connectivity index (χ1n) is 6.76. The van der Waals surface area contributed by atoms with E-state index >= 15 is 0 Å². The Hall–Kier alpha value is -1.56. The molecule has 114 valence electrons. The van der Waals surface area contributed by atoms with Gasteiger partial charge >= 0.3 is 0 Å². The number of carbonyl (C=O) groups is 2. The fourth-order valence-electron chi connectivity index (χ4n) is 2.59. The normalized spacial score (nSPS) is 21.2. The van der Waals surface area contributed by atoms with Crippen molar-refractivity contribution in [2.24, 2.45) is 5.41 Å². The summed E-state index contributed by atoms with van der Waals surface area (Å²) in [5.74, 6) is 0.519. The summed E-state index contributed by atoms with van der Waals surface area (Å²) in [4.78, 5) is 26.3. The number of amides is 2.